The van der Waals surface area contributed by atoms with Crippen molar-refractivity contribution in [3.05, 3.63) is 33.3 Å². The van der Waals surface area contributed by atoms with Crippen LogP contribution in [0.2, 0.25) is 10.0 Å². The minimum absolute atomic E-state index is 0.169. The predicted octanol–water partition coefficient (Wildman–Crippen LogP) is 2.06. The van der Waals surface area contributed by atoms with Crippen molar-refractivity contribution in [2.24, 2.45) is 0 Å². The Balaban J connectivity index is 1.99. The van der Waals surface area contributed by atoms with E-state index in [9.17, 15) is 9.59 Å². The Morgan fingerprint density at radius 3 is 2.09 bits per heavy atom. The van der Waals surface area contributed by atoms with E-state index in [1.807, 2.05) is 0 Å². The minimum atomic E-state index is -1.00. The summed E-state index contributed by atoms with van der Waals surface area (Å²) in [4.78, 5) is 25.3. The van der Waals surface area contributed by atoms with E-state index >= 15 is 0 Å². The molecule has 23 heavy (non-hydrogen) atoms. The first kappa shape index (κ1) is 16.1. The largest absolute Gasteiger partial charge is 0.378 e. The number of hydrogen-bond acceptors (Lipinski definition) is 3. The average molecular weight is 353 g/mol. The summed E-state index contributed by atoms with van der Waals surface area (Å²) in [5, 5.41) is 3.36. The van der Waals surface area contributed by atoms with E-state index in [0.717, 1.165) is 0 Å². The van der Waals surface area contributed by atoms with Gasteiger partial charge in [-0.15, -0.1) is 5.92 Å². The summed E-state index contributed by atoms with van der Waals surface area (Å²) in [6.07, 6.45) is -0.169. The van der Waals surface area contributed by atoms with E-state index in [2.05, 4.69) is 11.8 Å². The summed E-state index contributed by atoms with van der Waals surface area (Å²) in [5.74, 6) is 3.96. The van der Waals surface area contributed by atoms with Crippen molar-refractivity contribution in [2.45, 2.75) is 18.9 Å². The molecule has 0 N–H and O–H groups in total. The highest BCUT2D eigenvalue weighted by molar-refractivity contribution is 6.37. The van der Waals surface area contributed by atoms with Crippen LogP contribution >= 0.6 is 23.2 Å². The van der Waals surface area contributed by atoms with Gasteiger partial charge in [-0.2, -0.15) is 0 Å². The zero-order valence-corrected chi connectivity index (χ0v) is 14.1. The molecular formula is C16H14Cl2N2O3. The van der Waals surface area contributed by atoms with Gasteiger partial charge in [-0.05, 0) is 19.1 Å². The van der Waals surface area contributed by atoms with E-state index in [-0.39, 0.29) is 28.0 Å². The van der Waals surface area contributed by atoms with Gasteiger partial charge in [0.2, 0.25) is 0 Å². The molecule has 1 aromatic rings. The standard InChI is InChI=1S/C16H14Cl2N2O3/c1-3-4-9-5-11(17)13(12(18)6-9)14-15(21)19-7-10(23-2)8-20(19)16(14)22/h5-6,10,14H,7-8H2,1-2H3. The molecule has 0 bridgehead atoms. The summed E-state index contributed by atoms with van der Waals surface area (Å²) < 4.78 is 5.22. The lowest BCUT2D eigenvalue weighted by Crippen LogP contribution is -2.33. The summed E-state index contributed by atoms with van der Waals surface area (Å²) in [6, 6.07) is 3.24. The molecule has 2 heterocycles. The van der Waals surface area contributed by atoms with Crippen molar-refractivity contribution < 1.29 is 14.3 Å². The van der Waals surface area contributed by atoms with Gasteiger partial charge in [0.15, 0.2) is 0 Å². The van der Waals surface area contributed by atoms with Gasteiger partial charge in [0.05, 0.1) is 19.2 Å². The molecule has 2 fully saturated rings. The van der Waals surface area contributed by atoms with Gasteiger partial charge >= 0.3 is 0 Å². The van der Waals surface area contributed by atoms with Crippen LogP contribution in [0.4, 0.5) is 0 Å². The number of rotatable bonds is 2. The third kappa shape index (κ3) is 2.57. The van der Waals surface area contributed by atoms with Gasteiger partial charge < -0.3 is 4.74 Å². The smallest absolute Gasteiger partial charge is 0.258 e. The summed E-state index contributed by atoms with van der Waals surface area (Å²) in [6.45, 7) is 2.41. The molecule has 2 saturated heterocycles. The number of ether oxygens (including phenoxy) is 1. The molecule has 7 heteroatoms. The van der Waals surface area contributed by atoms with Crippen LogP contribution in [0.3, 0.4) is 0 Å². The maximum absolute atomic E-state index is 12.6. The summed E-state index contributed by atoms with van der Waals surface area (Å²) in [5.41, 5.74) is 0.984. The molecule has 1 aromatic carbocycles. The maximum atomic E-state index is 12.6. The van der Waals surface area contributed by atoms with Crippen molar-refractivity contribution in [1.29, 1.82) is 0 Å². The molecule has 2 amide bonds. The van der Waals surface area contributed by atoms with Crippen molar-refractivity contribution >= 4 is 35.0 Å². The Kier molecular flexibility index (Phi) is 4.24. The first-order chi connectivity index (χ1) is 11.0. The van der Waals surface area contributed by atoms with Crippen molar-refractivity contribution in [2.75, 3.05) is 20.2 Å². The van der Waals surface area contributed by atoms with E-state index in [4.69, 9.17) is 27.9 Å². The van der Waals surface area contributed by atoms with Gasteiger partial charge in [-0.3, -0.25) is 9.59 Å². The molecule has 0 saturated carbocycles. The monoisotopic (exact) mass is 352 g/mol. The second kappa shape index (κ2) is 6.04. The highest BCUT2D eigenvalue weighted by Crippen LogP contribution is 2.40. The molecule has 120 valence electrons. The third-order valence-electron chi connectivity index (χ3n) is 4.02. The zero-order chi connectivity index (χ0) is 16.7. The predicted molar refractivity (Wildman–Crippen MR) is 86.0 cm³/mol. The van der Waals surface area contributed by atoms with Crippen LogP contribution in [0.5, 0.6) is 0 Å². The van der Waals surface area contributed by atoms with E-state index in [1.165, 1.54) is 10.0 Å². The van der Waals surface area contributed by atoms with Crippen LogP contribution in [-0.2, 0) is 14.3 Å². The van der Waals surface area contributed by atoms with Crippen LogP contribution in [0.15, 0.2) is 12.1 Å². The third-order valence-corrected chi connectivity index (χ3v) is 4.64. The fourth-order valence-corrected chi connectivity index (χ4v) is 3.64. The number of methoxy groups -OCH3 is 1. The van der Waals surface area contributed by atoms with Crippen LogP contribution in [-0.4, -0.2) is 48.1 Å². The van der Waals surface area contributed by atoms with Gasteiger partial charge in [0.1, 0.15) is 5.92 Å². The van der Waals surface area contributed by atoms with Gasteiger partial charge in [-0.1, -0.05) is 29.1 Å². The Hall–Kier alpha value is -1.74. The summed E-state index contributed by atoms with van der Waals surface area (Å²) >= 11 is 12.6. The highest BCUT2D eigenvalue weighted by atomic mass is 35.5. The Bertz CT molecular complexity index is 706. The topological polar surface area (TPSA) is 49.9 Å². The lowest BCUT2D eigenvalue weighted by molar-refractivity contribution is -0.141. The Morgan fingerprint density at radius 1 is 1.13 bits per heavy atom. The van der Waals surface area contributed by atoms with Crippen molar-refractivity contribution in [3.8, 4) is 11.8 Å². The molecule has 0 spiro atoms. The second-order valence-electron chi connectivity index (χ2n) is 5.36. The minimum Gasteiger partial charge on any atom is -0.378 e. The molecule has 0 aliphatic carbocycles. The van der Waals surface area contributed by atoms with Crippen LogP contribution in [0.25, 0.3) is 0 Å². The average Bonchev–Trinajstić information content (AvgIpc) is 3.02. The van der Waals surface area contributed by atoms with Gasteiger partial charge in [0.25, 0.3) is 11.8 Å². The van der Waals surface area contributed by atoms with Gasteiger partial charge in [0, 0.05) is 28.3 Å². The second-order valence-corrected chi connectivity index (χ2v) is 6.17. The fraction of sp³-hybridized carbons (Fsp3) is 0.375. The maximum Gasteiger partial charge on any atom is 0.258 e. The first-order valence-electron chi connectivity index (χ1n) is 7.05. The number of carbonyl (C=O) groups excluding carboxylic acids is 2. The number of hydrogen-bond donors (Lipinski definition) is 0. The fourth-order valence-electron chi connectivity index (χ4n) is 2.93. The molecule has 0 radical (unpaired) electrons. The van der Waals surface area contributed by atoms with Crippen LogP contribution in [0.1, 0.15) is 24.0 Å². The van der Waals surface area contributed by atoms with Crippen LogP contribution in [0, 0.1) is 11.8 Å². The highest BCUT2D eigenvalue weighted by Gasteiger charge is 2.52. The zero-order valence-electron chi connectivity index (χ0n) is 12.6. The molecule has 3 rings (SSSR count). The molecule has 2 aliphatic heterocycles. The number of nitrogens with zero attached hydrogens (tertiary/aromatic N) is 2. The lowest BCUT2D eigenvalue weighted by Gasteiger charge is -2.16. The number of fused-ring (bicyclic) bond motifs is 1. The number of benzene rings is 1. The number of amides is 2. The number of hydrazine groups is 1. The number of carbonyl (C=O) groups is 2. The quantitative estimate of drug-likeness (QED) is 0.604. The summed E-state index contributed by atoms with van der Waals surface area (Å²) in [7, 11) is 1.56. The molecular weight excluding hydrogens is 339 g/mol. The SMILES string of the molecule is CC#Cc1cc(Cl)c(C2C(=O)N3CC(OC)CN3C2=O)c(Cl)c1. The lowest BCUT2D eigenvalue weighted by atomic mass is 9.96. The van der Waals surface area contributed by atoms with E-state index in [1.54, 1.807) is 26.2 Å². The molecule has 0 atom stereocenters. The van der Waals surface area contributed by atoms with Gasteiger partial charge in [-0.25, -0.2) is 10.0 Å². The first-order valence-corrected chi connectivity index (χ1v) is 7.80. The van der Waals surface area contributed by atoms with E-state index in [0.29, 0.717) is 24.2 Å². The van der Waals surface area contributed by atoms with E-state index < -0.39 is 5.92 Å². The molecule has 2 aliphatic rings. The molecule has 5 nitrogen and oxygen atoms in total. The van der Waals surface area contributed by atoms with Crippen LogP contribution < -0.4 is 0 Å². The normalized spacial score (nSPS) is 18.4. The Labute approximate surface area is 144 Å². The molecule has 0 aromatic heterocycles. The molecule has 0 unspecified atom stereocenters. The van der Waals surface area contributed by atoms with Crippen molar-refractivity contribution in [1.82, 2.24) is 10.0 Å². The number of halogens is 2. The Morgan fingerprint density at radius 2 is 1.65 bits per heavy atom. The van der Waals surface area contributed by atoms with Crippen molar-refractivity contribution in [3.63, 3.8) is 0 Å².